The number of nitrogens with zero attached hydrogens (tertiary/aromatic N) is 2. The van der Waals surface area contributed by atoms with Crippen molar-refractivity contribution >= 4 is 17.5 Å². The maximum Gasteiger partial charge on any atom is 0.258 e. The molecule has 188 valence electrons. The van der Waals surface area contributed by atoms with Gasteiger partial charge in [-0.3, -0.25) is 9.59 Å². The second-order valence-corrected chi connectivity index (χ2v) is 9.13. The molecule has 0 bridgehead atoms. The van der Waals surface area contributed by atoms with Gasteiger partial charge in [-0.1, -0.05) is 36.8 Å². The second kappa shape index (κ2) is 12.4. The van der Waals surface area contributed by atoms with Gasteiger partial charge in [0.1, 0.15) is 11.6 Å². The number of benzene rings is 3. The van der Waals surface area contributed by atoms with E-state index >= 15 is 0 Å². The van der Waals surface area contributed by atoms with Crippen molar-refractivity contribution in [3.63, 3.8) is 0 Å². The summed E-state index contributed by atoms with van der Waals surface area (Å²) in [5.74, 6) is -1.35. The van der Waals surface area contributed by atoms with Crippen molar-refractivity contribution < 1.29 is 18.4 Å². The number of carbonyl (C=O) groups is 2. The summed E-state index contributed by atoms with van der Waals surface area (Å²) in [4.78, 5) is 29.6. The van der Waals surface area contributed by atoms with Crippen LogP contribution in [-0.4, -0.2) is 42.9 Å². The van der Waals surface area contributed by atoms with Crippen molar-refractivity contribution in [3.8, 4) is 0 Å². The van der Waals surface area contributed by atoms with E-state index in [9.17, 15) is 18.4 Å². The lowest BCUT2D eigenvalue weighted by Crippen LogP contribution is -2.38. The van der Waals surface area contributed by atoms with E-state index in [4.69, 9.17) is 0 Å². The Morgan fingerprint density at radius 3 is 2.22 bits per heavy atom. The highest BCUT2D eigenvalue weighted by Gasteiger charge is 2.19. The molecule has 1 aliphatic heterocycles. The number of likely N-dealkylation sites (tertiary alicyclic amines) is 1. The molecule has 0 aromatic heterocycles. The number of anilines is 1. The van der Waals surface area contributed by atoms with Crippen molar-refractivity contribution in [1.29, 1.82) is 0 Å². The maximum atomic E-state index is 13.8. The van der Waals surface area contributed by atoms with Gasteiger partial charge in [0.15, 0.2) is 0 Å². The lowest BCUT2D eigenvalue weighted by Gasteiger charge is -2.26. The molecule has 1 heterocycles. The minimum absolute atomic E-state index is 0.0489. The topological polar surface area (TPSA) is 52.7 Å². The molecule has 0 atom stereocenters. The van der Waals surface area contributed by atoms with Crippen molar-refractivity contribution in [2.75, 3.05) is 31.1 Å². The van der Waals surface area contributed by atoms with Gasteiger partial charge in [-0.25, -0.2) is 8.78 Å². The molecule has 3 aromatic rings. The normalized spacial score (nSPS) is 13.8. The van der Waals surface area contributed by atoms with Crippen molar-refractivity contribution in [2.24, 2.45) is 0 Å². The Morgan fingerprint density at radius 1 is 0.833 bits per heavy atom. The Balaban J connectivity index is 1.43. The van der Waals surface area contributed by atoms with Gasteiger partial charge in [-0.2, -0.15) is 0 Å². The Bertz CT molecular complexity index is 1180. The zero-order valence-electron chi connectivity index (χ0n) is 20.3. The zero-order chi connectivity index (χ0) is 25.3. The minimum Gasteiger partial charge on any atom is -0.355 e. The Hall–Kier alpha value is -3.58. The van der Waals surface area contributed by atoms with Gasteiger partial charge in [-0.15, -0.1) is 0 Å². The molecule has 1 saturated heterocycles. The minimum atomic E-state index is -0.506. The number of halogens is 2. The predicted molar refractivity (Wildman–Crippen MR) is 137 cm³/mol. The van der Waals surface area contributed by atoms with Crippen LogP contribution in [0.5, 0.6) is 0 Å². The smallest absolute Gasteiger partial charge is 0.258 e. The summed E-state index contributed by atoms with van der Waals surface area (Å²) in [5, 5.41) is 2.98. The standard InChI is InChI=1S/C29H31F2N3O2/c30-25-8-4-6-23(18-25)21-34(29(36)24-7-5-9-26(31)20-24)27-12-10-22(11-13-27)19-28(35)32-14-17-33-15-2-1-3-16-33/h4-13,18,20H,1-3,14-17,19,21H2,(H,32,35). The van der Waals surface area contributed by atoms with Crippen molar-refractivity contribution in [2.45, 2.75) is 32.2 Å². The van der Waals surface area contributed by atoms with Crippen LogP contribution in [0, 0.1) is 11.6 Å². The van der Waals surface area contributed by atoms with Gasteiger partial charge < -0.3 is 15.1 Å². The average molecular weight is 492 g/mol. The number of nitrogens with one attached hydrogen (secondary N) is 1. The molecule has 0 aliphatic carbocycles. The molecule has 2 amide bonds. The van der Waals surface area contributed by atoms with Gasteiger partial charge in [0, 0.05) is 24.3 Å². The lowest BCUT2D eigenvalue weighted by molar-refractivity contribution is -0.120. The molecule has 0 unspecified atom stereocenters. The highest BCUT2D eigenvalue weighted by atomic mass is 19.1. The predicted octanol–water partition coefficient (Wildman–Crippen LogP) is 4.96. The average Bonchev–Trinajstić information content (AvgIpc) is 2.88. The number of piperidine rings is 1. The fourth-order valence-corrected chi connectivity index (χ4v) is 4.45. The van der Waals surface area contributed by atoms with Crippen LogP contribution in [0.2, 0.25) is 0 Å². The molecular weight excluding hydrogens is 460 g/mol. The van der Waals surface area contributed by atoms with Gasteiger partial charge >= 0.3 is 0 Å². The molecule has 36 heavy (non-hydrogen) atoms. The van der Waals surface area contributed by atoms with Crippen LogP contribution in [0.15, 0.2) is 72.8 Å². The quantitative estimate of drug-likeness (QED) is 0.461. The number of hydrogen-bond acceptors (Lipinski definition) is 3. The third-order valence-electron chi connectivity index (χ3n) is 6.36. The van der Waals surface area contributed by atoms with Crippen LogP contribution >= 0.6 is 0 Å². The molecule has 7 heteroatoms. The molecular formula is C29H31F2N3O2. The lowest BCUT2D eigenvalue weighted by atomic mass is 10.1. The fraction of sp³-hybridized carbons (Fsp3) is 0.310. The van der Waals surface area contributed by atoms with Crippen molar-refractivity contribution in [3.05, 3.63) is 101 Å². The first-order valence-electron chi connectivity index (χ1n) is 12.4. The Morgan fingerprint density at radius 2 is 1.53 bits per heavy atom. The van der Waals surface area contributed by atoms with Crippen molar-refractivity contribution in [1.82, 2.24) is 10.2 Å². The van der Waals surface area contributed by atoms with E-state index in [2.05, 4.69) is 10.2 Å². The van der Waals surface area contributed by atoms with E-state index in [0.29, 0.717) is 17.8 Å². The first-order valence-corrected chi connectivity index (χ1v) is 12.4. The molecule has 0 spiro atoms. The van der Waals surface area contributed by atoms with Crippen LogP contribution < -0.4 is 10.2 Å². The molecule has 1 aliphatic rings. The Labute approximate surface area is 210 Å². The molecule has 3 aromatic carbocycles. The zero-order valence-corrected chi connectivity index (χ0v) is 20.3. The summed E-state index contributed by atoms with van der Waals surface area (Å²) in [6.45, 7) is 3.79. The molecule has 1 fully saturated rings. The number of amides is 2. The summed E-state index contributed by atoms with van der Waals surface area (Å²) in [7, 11) is 0. The van der Waals surface area contributed by atoms with E-state index in [-0.39, 0.29) is 24.4 Å². The van der Waals surface area contributed by atoms with E-state index in [1.807, 2.05) is 0 Å². The van der Waals surface area contributed by atoms with E-state index in [1.54, 1.807) is 42.5 Å². The van der Waals surface area contributed by atoms with Crippen LogP contribution in [-0.2, 0) is 17.8 Å². The molecule has 4 rings (SSSR count). The van der Waals surface area contributed by atoms with Crippen LogP contribution in [0.3, 0.4) is 0 Å². The van der Waals surface area contributed by atoms with Crippen LogP contribution in [0.1, 0.15) is 40.7 Å². The monoisotopic (exact) mass is 491 g/mol. The number of hydrogen-bond donors (Lipinski definition) is 1. The first kappa shape index (κ1) is 25.5. The summed E-state index contributed by atoms with van der Waals surface area (Å²) in [6, 6.07) is 18.6. The van der Waals surface area contributed by atoms with E-state index < -0.39 is 17.5 Å². The highest BCUT2D eigenvalue weighted by molar-refractivity contribution is 6.06. The largest absolute Gasteiger partial charge is 0.355 e. The Kier molecular flexibility index (Phi) is 8.79. The van der Waals surface area contributed by atoms with Gasteiger partial charge in [-0.05, 0) is 79.5 Å². The number of rotatable bonds is 9. The van der Waals surface area contributed by atoms with Crippen LogP contribution in [0.4, 0.5) is 14.5 Å². The van der Waals surface area contributed by atoms with Gasteiger partial charge in [0.2, 0.25) is 5.91 Å². The maximum absolute atomic E-state index is 13.8. The highest BCUT2D eigenvalue weighted by Crippen LogP contribution is 2.22. The summed E-state index contributed by atoms with van der Waals surface area (Å²) in [6.07, 6.45) is 3.96. The summed E-state index contributed by atoms with van der Waals surface area (Å²) < 4.78 is 27.6. The first-order chi connectivity index (χ1) is 17.5. The van der Waals surface area contributed by atoms with Gasteiger partial charge in [0.25, 0.3) is 5.91 Å². The molecule has 0 radical (unpaired) electrons. The van der Waals surface area contributed by atoms with E-state index in [0.717, 1.165) is 25.2 Å². The van der Waals surface area contributed by atoms with E-state index in [1.165, 1.54) is 54.5 Å². The molecule has 0 saturated carbocycles. The van der Waals surface area contributed by atoms with Gasteiger partial charge in [0.05, 0.1) is 13.0 Å². The SMILES string of the molecule is O=C(Cc1ccc(N(Cc2cccc(F)c2)C(=O)c2cccc(F)c2)cc1)NCCN1CCCCC1. The summed E-state index contributed by atoms with van der Waals surface area (Å²) >= 11 is 0. The summed E-state index contributed by atoms with van der Waals surface area (Å²) in [5.41, 5.74) is 2.20. The van der Waals surface area contributed by atoms with Crippen LogP contribution in [0.25, 0.3) is 0 Å². The number of carbonyl (C=O) groups excluding carboxylic acids is 2. The second-order valence-electron chi connectivity index (χ2n) is 9.13. The third-order valence-corrected chi connectivity index (χ3v) is 6.36. The molecule has 5 nitrogen and oxygen atoms in total. The molecule has 1 N–H and O–H groups in total. The third kappa shape index (κ3) is 7.21. The fourth-order valence-electron chi connectivity index (χ4n) is 4.45.